The lowest BCUT2D eigenvalue weighted by Gasteiger charge is -2.36. The van der Waals surface area contributed by atoms with Gasteiger partial charge in [-0.1, -0.05) is 19.3 Å². The number of carbonyl (C=O) groups excluding carboxylic acids is 1. The maximum atomic E-state index is 13.5. The standard InChI is InChI=1S/C15H20F2N2O/c16-11-4-5-13(17)12(8-11)14(20)19-10-15(9-18)6-2-1-3-7-15/h4-5,8H,1-3,6-7,9-10,18H2,(H,19,20). The fraction of sp³-hybridized carbons (Fsp3) is 0.533. The molecule has 1 saturated carbocycles. The number of hydrogen-bond donors (Lipinski definition) is 2. The third kappa shape index (κ3) is 3.33. The second-order valence-electron chi connectivity index (χ2n) is 5.57. The van der Waals surface area contributed by atoms with Crippen molar-refractivity contribution in [3.05, 3.63) is 35.4 Å². The predicted molar refractivity (Wildman–Crippen MR) is 73.3 cm³/mol. The van der Waals surface area contributed by atoms with E-state index < -0.39 is 17.5 Å². The lowest BCUT2D eigenvalue weighted by atomic mass is 9.74. The summed E-state index contributed by atoms with van der Waals surface area (Å²) in [5.41, 5.74) is 5.48. The summed E-state index contributed by atoms with van der Waals surface area (Å²) in [4.78, 5) is 12.0. The zero-order chi connectivity index (χ0) is 14.6. The van der Waals surface area contributed by atoms with Crippen molar-refractivity contribution in [1.29, 1.82) is 0 Å². The first-order valence-corrected chi connectivity index (χ1v) is 7.00. The average molecular weight is 282 g/mol. The Kier molecular flexibility index (Phi) is 4.70. The normalized spacial score (nSPS) is 17.8. The molecule has 3 nitrogen and oxygen atoms in total. The van der Waals surface area contributed by atoms with E-state index in [-0.39, 0.29) is 11.0 Å². The number of rotatable bonds is 4. The van der Waals surface area contributed by atoms with Gasteiger partial charge in [-0.25, -0.2) is 8.78 Å². The summed E-state index contributed by atoms with van der Waals surface area (Å²) in [5.74, 6) is -1.92. The molecule has 1 aliphatic carbocycles. The second-order valence-corrected chi connectivity index (χ2v) is 5.57. The van der Waals surface area contributed by atoms with Crippen LogP contribution in [0, 0.1) is 17.0 Å². The van der Waals surface area contributed by atoms with Crippen LogP contribution < -0.4 is 11.1 Å². The number of benzene rings is 1. The highest BCUT2D eigenvalue weighted by Crippen LogP contribution is 2.34. The molecule has 0 saturated heterocycles. The van der Waals surface area contributed by atoms with Crippen LogP contribution in [0.3, 0.4) is 0 Å². The quantitative estimate of drug-likeness (QED) is 0.892. The number of amides is 1. The summed E-state index contributed by atoms with van der Waals surface area (Å²) in [7, 11) is 0. The van der Waals surface area contributed by atoms with E-state index in [9.17, 15) is 13.6 Å². The SMILES string of the molecule is NCC1(CNC(=O)c2cc(F)ccc2F)CCCCC1. The van der Waals surface area contributed by atoms with Crippen molar-refractivity contribution in [2.75, 3.05) is 13.1 Å². The lowest BCUT2D eigenvalue weighted by molar-refractivity contribution is 0.0909. The van der Waals surface area contributed by atoms with Crippen LogP contribution in [0.2, 0.25) is 0 Å². The van der Waals surface area contributed by atoms with Crippen LogP contribution in [0.5, 0.6) is 0 Å². The van der Waals surface area contributed by atoms with Crippen molar-refractivity contribution in [3.63, 3.8) is 0 Å². The molecule has 0 radical (unpaired) electrons. The second kappa shape index (κ2) is 6.31. The first-order chi connectivity index (χ1) is 9.56. The predicted octanol–water partition coefficient (Wildman–Crippen LogP) is 2.60. The third-order valence-corrected chi connectivity index (χ3v) is 4.14. The Bertz CT molecular complexity index is 485. The fourth-order valence-corrected chi connectivity index (χ4v) is 2.79. The largest absolute Gasteiger partial charge is 0.351 e. The van der Waals surface area contributed by atoms with Crippen molar-refractivity contribution >= 4 is 5.91 Å². The highest BCUT2D eigenvalue weighted by atomic mass is 19.1. The van der Waals surface area contributed by atoms with E-state index in [0.29, 0.717) is 13.1 Å². The average Bonchev–Trinajstić information content (AvgIpc) is 2.48. The summed E-state index contributed by atoms with van der Waals surface area (Å²) in [6.07, 6.45) is 5.32. The molecule has 5 heteroatoms. The highest BCUT2D eigenvalue weighted by molar-refractivity contribution is 5.94. The molecule has 1 aliphatic rings. The van der Waals surface area contributed by atoms with E-state index >= 15 is 0 Å². The molecule has 3 N–H and O–H groups in total. The topological polar surface area (TPSA) is 55.1 Å². The highest BCUT2D eigenvalue weighted by Gasteiger charge is 2.31. The molecule has 1 fully saturated rings. The third-order valence-electron chi connectivity index (χ3n) is 4.14. The molecule has 0 atom stereocenters. The maximum Gasteiger partial charge on any atom is 0.254 e. The maximum absolute atomic E-state index is 13.5. The molecule has 0 aliphatic heterocycles. The summed E-state index contributed by atoms with van der Waals surface area (Å²) >= 11 is 0. The van der Waals surface area contributed by atoms with Crippen LogP contribution in [-0.2, 0) is 0 Å². The molecular weight excluding hydrogens is 262 g/mol. The molecule has 1 aromatic carbocycles. The van der Waals surface area contributed by atoms with Gasteiger partial charge in [-0.3, -0.25) is 4.79 Å². The summed E-state index contributed by atoms with van der Waals surface area (Å²) < 4.78 is 26.6. The number of carbonyl (C=O) groups is 1. The van der Waals surface area contributed by atoms with Crippen molar-refractivity contribution in [3.8, 4) is 0 Å². The van der Waals surface area contributed by atoms with Gasteiger partial charge in [0.05, 0.1) is 5.56 Å². The van der Waals surface area contributed by atoms with Crippen molar-refractivity contribution in [2.45, 2.75) is 32.1 Å². The van der Waals surface area contributed by atoms with Crippen molar-refractivity contribution < 1.29 is 13.6 Å². The molecule has 0 spiro atoms. The minimum absolute atomic E-state index is 0.0995. The van der Waals surface area contributed by atoms with Gasteiger partial charge in [0, 0.05) is 6.54 Å². The van der Waals surface area contributed by atoms with E-state index in [0.717, 1.165) is 43.9 Å². The van der Waals surface area contributed by atoms with Crippen LogP contribution >= 0.6 is 0 Å². The number of nitrogens with one attached hydrogen (secondary N) is 1. The Labute approximate surface area is 117 Å². The summed E-state index contributed by atoms with van der Waals surface area (Å²) in [6, 6.07) is 2.87. The number of hydrogen-bond acceptors (Lipinski definition) is 2. The Hall–Kier alpha value is -1.49. The Balaban J connectivity index is 2.02. The lowest BCUT2D eigenvalue weighted by Crippen LogP contribution is -2.43. The molecule has 0 bridgehead atoms. The van der Waals surface area contributed by atoms with E-state index in [4.69, 9.17) is 5.73 Å². The number of nitrogens with two attached hydrogens (primary N) is 1. The summed E-state index contributed by atoms with van der Waals surface area (Å²) in [5, 5.41) is 2.70. The van der Waals surface area contributed by atoms with Gasteiger partial charge in [0.25, 0.3) is 5.91 Å². The smallest absolute Gasteiger partial charge is 0.254 e. The van der Waals surface area contributed by atoms with Gasteiger partial charge in [-0.15, -0.1) is 0 Å². The van der Waals surface area contributed by atoms with Gasteiger partial charge < -0.3 is 11.1 Å². The zero-order valence-corrected chi connectivity index (χ0v) is 11.4. The molecule has 2 rings (SSSR count). The Morgan fingerprint density at radius 2 is 1.95 bits per heavy atom. The minimum Gasteiger partial charge on any atom is -0.351 e. The Morgan fingerprint density at radius 1 is 1.25 bits per heavy atom. The van der Waals surface area contributed by atoms with Crippen LogP contribution in [-0.4, -0.2) is 19.0 Å². The molecule has 110 valence electrons. The molecule has 1 amide bonds. The molecular formula is C15H20F2N2O. The van der Waals surface area contributed by atoms with E-state index in [2.05, 4.69) is 5.32 Å². The van der Waals surface area contributed by atoms with Crippen LogP contribution in [0.1, 0.15) is 42.5 Å². The molecule has 0 heterocycles. The summed E-state index contributed by atoms with van der Waals surface area (Å²) in [6.45, 7) is 0.914. The van der Waals surface area contributed by atoms with E-state index in [1.165, 1.54) is 6.42 Å². The van der Waals surface area contributed by atoms with Gasteiger partial charge in [0.1, 0.15) is 11.6 Å². The molecule has 20 heavy (non-hydrogen) atoms. The Morgan fingerprint density at radius 3 is 2.60 bits per heavy atom. The molecule has 1 aromatic rings. The van der Waals surface area contributed by atoms with E-state index in [1.54, 1.807) is 0 Å². The fourth-order valence-electron chi connectivity index (χ4n) is 2.79. The van der Waals surface area contributed by atoms with Crippen LogP contribution in [0.15, 0.2) is 18.2 Å². The molecule has 0 unspecified atom stereocenters. The van der Waals surface area contributed by atoms with E-state index in [1.807, 2.05) is 0 Å². The van der Waals surface area contributed by atoms with Gasteiger partial charge in [0.15, 0.2) is 0 Å². The monoisotopic (exact) mass is 282 g/mol. The van der Waals surface area contributed by atoms with Crippen LogP contribution in [0.4, 0.5) is 8.78 Å². The zero-order valence-electron chi connectivity index (χ0n) is 11.4. The first-order valence-electron chi connectivity index (χ1n) is 7.00. The first kappa shape index (κ1) is 14.9. The van der Waals surface area contributed by atoms with Gasteiger partial charge in [-0.2, -0.15) is 0 Å². The number of halogens is 2. The van der Waals surface area contributed by atoms with Crippen molar-refractivity contribution in [1.82, 2.24) is 5.32 Å². The van der Waals surface area contributed by atoms with Crippen molar-refractivity contribution in [2.24, 2.45) is 11.1 Å². The van der Waals surface area contributed by atoms with Gasteiger partial charge in [-0.05, 0) is 43.0 Å². The van der Waals surface area contributed by atoms with Crippen LogP contribution in [0.25, 0.3) is 0 Å². The molecule has 0 aromatic heterocycles. The minimum atomic E-state index is -0.714. The van der Waals surface area contributed by atoms with Gasteiger partial charge >= 0.3 is 0 Å². The van der Waals surface area contributed by atoms with Gasteiger partial charge in [0.2, 0.25) is 0 Å².